The van der Waals surface area contributed by atoms with Crippen LogP contribution in [-0.2, 0) is 18.3 Å². The van der Waals surface area contributed by atoms with E-state index < -0.39 is 0 Å². The fraction of sp³-hybridized carbons (Fsp3) is 0.305. The van der Waals surface area contributed by atoms with Crippen molar-refractivity contribution in [2.45, 2.75) is 106 Å². The predicted molar refractivity (Wildman–Crippen MR) is 274 cm³/mol. The van der Waals surface area contributed by atoms with Gasteiger partial charge in [-0.3, -0.25) is 4.57 Å². The molecule has 0 atom stereocenters. The number of fused-ring (bicyclic) bond motifs is 3. The van der Waals surface area contributed by atoms with E-state index in [1.807, 2.05) is 6.20 Å². The highest BCUT2D eigenvalue weighted by molar-refractivity contribution is 6.09. The van der Waals surface area contributed by atoms with Gasteiger partial charge in [0.1, 0.15) is 17.3 Å². The SMILES string of the molecule is CC(C)Cc1cccc(CC(C)C)c1Nc1ccccc1Nc1cc(Oc2ccc3c4ccccc4n(-c4cc(C(C)(C)C)ccn4)c3c2)cc(-c2c(C(C)C)cccc2C(C)C)c1. The van der Waals surface area contributed by atoms with Gasteiger partial charge in [0.15, 0.2) is 0 Å². The van der Waals surface area contributed by atoms with Crippen LogP contribution in [0.2, 0.25) is 0 Å². The number of rotatable bonds is 14. The number of anilines is 4. The second-order valence-electron chi connectivity index (χ2n) is 20.1. The largest absolute Gasteiger partial charge is 0.457 e. The van der Waals surface area contributed by atoms with Crippen LogP contribution in [0.1, 0.15) is 116 Å². The molecule has 8 rings (SSSR count). The maximum absolute atomic E-state index is 7.03. The average molecular weight is 847 g/mol. The summed E-state index contributed by atoms with van der Waals surface area (Å²) in [4.78, 5) is 4.93. The van der Waals surface area contributed by atoms with Gasteiger partial charge in [-0.25, -0.2) is 4.98 Å². The number of hydrogen-bond acceptors (Lipinski definition) is 4. The third-order valence-corrected chi connectivity index (χ3v) is 12.2. The van der Waals surface area contributed by atoms with E-state index in [9.17, 15) is 0 Å². The molecule has 5 heteroatoms. The summed E-state index contributed by atoms with van der Waals surface area (Å²) < 4.78 is 9.31. The van der Waals surface area contributed by atoms with Crippen LogP contribution in [0.5, 0.6) is 11.5 Å². The van der Waals surface area contributed by atoms with Gasteiger partial charge in [-0.2, -0.15) is 0 Å². The van der Waals surface area contributed by atoms with E-state index in [0.29, 0.717) is 23.7 Å². The molecule has 8 aromatic rings. The lowest BCUT2D eigenvalue weighted by molar-refractivity contribution is 0.484. The zero-order chi connectivity index (χ0) is 45.3. The van der Waals surface area contributed by atoms with Gasteiger partial charge in [0, 0.05) is 40.5 Å². The molecule has 0 bridgehead atoms. The van der Waals surface area contributed by atoms with Gasteiger partial charge in [0.05, 0.1) is 22.4 Å². The minimum atomic E-state index is -0.0172. The van der Waals surface area contributed by atoms with E-state index in [0.717, 1.165) is 69.2 Å². The van der Waals surface area contributed by atoms with E-state index in [1.165, 1.54) is 44.5 Å². The molecule has 0 aliphatic rings. The van der Waals surface area contributed by atoms with Crippen molar-refractivity contribution in [3.63, 3.8) is 0 Å². The third kappa shape index (κ3) is 9.45. The van der Waals surface area contributed by atoms with Crippen LogP contribution in [0.3, 0.4) is 0 Å². The molecule has 0 aliphatic heterocycles. The van der Waals surface area contributed by atoms with Gasteiger partial charge in [-0.15, -0.1) is 0 Å². The van der Waals surface area contributed by atoms with Crippen molar-refractivity contribution in [3.8, 4) is 28.4 Å². The number of nitrogens with zero attached hydrogens (tertiary/aromatic N) is 2. The van der Waals surface area contributed by atoms with Gasteiger partial charge in [-0.05, 0) is 135 Å². The summed E-state index contributed by atoms with van der Waals surface area (Å²) in [5.41, 5.74) is 15.3. The lowest BCUT2D eigenvalue weighted by Crippen LogP contribution is -2.12. The summed E-state index contributed by atoms with van der Waals surface area (Å²) in [6, 6.07) is 48.2. The third-order valence-electron chi connectivity index (χ3n) is 12.2. The molecule has 2 heterocycles. The highest BCUT2D eigenvalue weighted by Gasteiger charge is 2.21. The molecule has 0 radical (unpaired) electrons. The van der Waals surface area contributed by atoms with Gasteiger partial charge in [-0.1, -0.05) is 143 Å². The second kappa shape index (κ2) is 18.4. The molecule has 2 aromatic heterocycles. The standard InChI is InChI=1S/C59H66N4O/c1-37(2)30-41-18-16-19-42(31-38(3)4)58(41)62-53-24-14-13-23-52(53)61-45-32-43(57-48(39(5)6)21-17-22-49(57)40(7)8)33-47(35-45)64-46-26-27-51-50-20-12-15-25-54(50)63(55(51)36-46)56-34-44(28-29-60-56)59(9,10)11/h12-29,32-40,61-62H,30-31H2,1-11H3. The van der Waals surface area contributed by atoms with E-state index in [4.69, 9.17) is 9.72 Å². The Morgan fingerprint density at radius 1 is 0.562 bits per heavy atom. The molecule has 328 valence electrons. The molecule has 0 unspecified atom stereocenters. The second-order valence-corrected chi connectivity index (χ2v) is 20.1. The first kappa shape index (κ1) is 44.3. The first-order valence-corrected chi connectivity index (χ1v) is 23.3. The van der Waals surface area contributed by atoms with Gasteiger partial charge < -0.3 is 15.4 Å². The van der Waals surface area contributed by atoms with Crippen LogP contribution in [0.15, 0.2) is 140 Å². The van der Waals surface area contributed by atoms with Crippen molar-refractivity contribution in [1.29, 1.82) is 0 Å². The van der Waals surface area contributed by atoms with Crippen molar-refractivity contribution in [3.05, 3.63) is 167 Å². The number of ether oxygens (including phenoxy) is 1. The van der Waals surface area contributed by atoms with Crippen LogP contribution in [0, 0.1) is 11.8 Å². The number of pyridine rings is 1. The van der Waals surface area contributed by atoms with E-state index >= 15 is 0 Å². The first-order valence-electron chi connectivity index (χ1n) is 23.3. The Bertz CT molecular complexity index is 2870. The molecule has 5 nitrogen and oxygen atoms in total. The summed E-state index contributed by atoms with van der Waals surface area (Å²) in [6.07, 6.45) is 3.94. The monoisotopic (exact) mass is 847 g/mol. The minimum absolute atomic E-state index is 0.0172. The lowest BCUT2D eigenvalue weighted by atomic mass is 9.85. The topological polar surface area (TPSA) is 51.1 Å². The van der Waals surface area contributed by atoms with Gasteiger partial charge >= 0.3 is 0 Å². The summed E-state index contributed by atoms with van der Waals surface area (Å²) in [7, 11) is 0. The smallest absolute Gasteiger partial charge is 0.137 e. The summed E-state index contributed by atoms with van der Waals surface area (Å²) in [5, 5.41) is 10.2. The Hall–Kier alpha value is -6.33. The fourth-order valence-electron chi connectivity index (χ4n) is 9.19. The van der Waals surface area contributed by atoms with Crippen molar-refractivity contribution in [1.82, 2.24) is 9.55 Å². The number of para-hydroxylation sites is 4. The number of benzene rings is 6. The summed E-state index contributed by atoms with van der Waals surface area (Å²) in [5.74, 6) is 4.15. The Morgan fingerprint density at radius 2 is 1.17 bits per heavy atom. The van der Waals surface area contributed by atoms with Crippen LogP contribution < -0.4 is 15.4 Å². The number of aromatic nitrogens is 2. The van der Waals surface area contributed by atoms with Crippen molar-refractivity contribution in [2.75, 3.05) is 10.6 Å². The predicted octanol–water partition coefficient (Wildman–Crippen LogP) is 17.1. The zero-order valence-corrected chi connectivity index (χ0v) is 39.8. The zero-order valence-electron chi connectivity index (χ0n) is 39.8. The Kier molecular flexibility index (Phi) is 12.7. The molecule has 0 spiro atoms. The average Bonchev–Trinajstić information content (AvgIpc) is 3.58. The number of nitrogens with one attached hydrogen (secondary N) is 2. The molecule has 0 saturated heterocycles. The minimum Gasteiger partial charge on any atom is -0.457 e. The van der Waals surface area contributed by atoms with Crippen molar-refractivity contribution in [2.24, 2.45) is 11.8 Å². The highest BCUT2D eigenvalue weighted by atomic mass is 16.5. The molecule has 0 fully saturated rings. The Labute approximate surface area is 382 Å². The van der Waals surface area contributed by atoms with Gasteiger partial charge in [0.2, 0.25) is 0 Å². The molecule has 0 amide bonds. The van der Waals surface area contributed by atoms with E-state index in [1.54, 1.807) is 0 Å². The Balaban J connectivity index is 1.26. The summed E-state index contributed by atoms with van der Waals surface area (Å²) >= 11 is 0. The van der Waals surface area contributed by atoms with Crippen molar-refractivity contribution >= 4 is 44.6 Å². The molecule has 64 heavy (non-hydrogen) atoms. The van der Waals surface area contributed by atoms with E-state index in [2.05, 4.69) is 225 Å². The number of hydrogen-bond donors (Lipinski definition) is 2. The Morgan fingerprint density at radius 3 is 1.81 bits per heavy atom. The fourth-order valence-corrected chi connectivity index (χ4v) is 9.19. The van der Waals surface area contributed by atoms with Crippen LogP contribution >= 0.6 is 0 Å². The highest BCUT2D eigenvalue weighted by Crippen LogP contribution is 2.42. The molecule has 0 saturated carbocycles. The maximum Gasteiger partial charge on any atom is 0.137 e. The molecular weight excluding hydrogens is 781 g/mol. The molecule has 2 N–H and O–H groups in total. The summed E-state index contributed by atoms with van der Waals surface area (Å²) in [6.45, 7) is 25.1. The van der Waals surface area contributed by atoms with Crippen molar-refractivity contribution < 1.29 is 4.74 Å². The van der Waals surface area contributed by atoms with E-state index in [-0.39, 0.29) is 5.41 Å². The molecule has 6 aromatic carbocycles. The van der Waals surface area contributed by atoms with Gasteiger partial charge in [0.25, 0.3) is 0 Å². The molecule has 0 aliphatic carbocycles. The maximum atomic E-state index is 7.03. The van der Waals surface area contributed by atoms with Crippen LogP contribution in [0.25, 0.3) is 38.8 Å². The van der Waals surface area contributed by atoms with Crippen LogP contribution in [-0.4, -0.2) is 9.55 Å². The van der Waals surface area contributed by atoms with Crippen LogP contribution in [0.4, 0.5) is 22.7 Å². The molecular formula is C59H66N4O. The normalized spacial score (nSPS) is 12.0. The lowest BCUT2D eigenvalue weighted by Gasteiger charge is -2.23. The quantitative estimate of drug-likeness (QED) is 0.114. The first-order chi connectivity index (χ1) is 30.6.